The molecular formula is C14H17F3O2. The van der Waals surface area contributed by atoms with E-state index in [0.717, 1.165) is 37.8 Å². The van der Waals surface area contributed by atoms with Crippen LogP contribution in [0.1, 0.15) is 48.5 Å². The first kappa shape index (κ1) is 15.5. The van der Waals surface area contributed by atoms with Gasteiger partial charge in [0, 0.05) is 5.56 Å². The van der Waals surface area contributed by atoms with E-state index in [1.165, 1.54) is 6.07 Å². The van der Waals surface area contributed by atoms with Gasteiger partial charge in [-0.2, -0.15) is 13.2 Å². The Balaban J connectivity index is 2.69. The molecule has 0 aliphatic rings. The van der Waals surface area contributed by atoms with Gasteiger partial charge in [-0.05, 0) is 24.6 Å². The van der Waals surface area contributed by atoms with Crippen molar-refractivity contribution in [3.05, 3.63) is 29.3 Å². The Labute approximate surface area is 110 Å². The summed E-state index contributed by atoms with van der Waals surface area (Å²) < 4.78 is 43.1. The zero-order valence-corrected chi connectivity index (χ0v) is 10.8. The van der Waals surface area contributed by atoms with E-state index >= 15 is 0 Å². The SMILES string of the molecule is CCCCCCOc1cc(C=O)cc(C(F)(F)F)c1. The van der Waals surface area contributed by atoms with Crippen molar-refractivity contribution in [1.82, 2.24) is 0 Å². The van der Waals surface area contributed by atoms with Crippen molar-refractivity contribution < 1.29 is 22.7 Å². The number of carbonyl (C=O) groups excluding carboxylic acids is 1. The molecule has 0 unspecified atom stereocenters. The standard InChI is InChI=1S/C14H17F3O2/c1-2-3-4-5-6-19-13-8-11(10-18)7-12(9-13)14(15,16)17/h7-10H,2-6H2,1H3. The van der Waals surface area contributed by atoms with Crippen molar-refractivity contribution in [2.45, 2.75) is 38.8 Å². The molecule has 2 nitrogen and oxygen atoms in total. The molecular weight excluding hydrogens is 257 g/mol. The minimum absolute atomic E-state index is 0.0293. The lowest BCUT2D eigenvalue weighted by atomic mass is 10.1. The average molecular weight is 274 g/mol. The van der Waals surface area contributed by atoms with Crippen LogP contribution >= 0.6 is 0 Å². The predicted molar refractivity (Wildman–Crippen MR) is 66.5 cm³/mol. The lowest BCUT2D eigenvalue weighted by molar-refractivity contribution is -0.137. The normalized spacial score (nSPS) is 11.4. The summed E-state index contributed by atoms with van der Waals surface area (Å²) in [5.74, 6) is 0.0911. The van der Waals surface area contributed by atoms with Crippen LogP contribution < -0.4 is 4.74 Å². The summed E-state index contributed by atoms with van der Waals surface area (Å²) in [6.45, 7) is 2.43. The number of benzene rings is 1. The molecule has 5 heteroatoms. The third-order valence-electron chi connectivity index (χ3n) is 2.66. The van der Waals surface area contributed by atoms with Gasteiger partial charge in [0.25, 0.3) is 0 Å². The smallest absolute Gasteiger partial charge is 0.416 e. The number of halogens is 3. The molecule has 0 aliphatic carbocycles. The van der Waals surface area contributed by atoms with Gasteiger partial charge in [-0.1, -0.05) is 26.2 Å². The fraction of sp³-hybridized carbons (Fsp3) is 0.500. The van der Waals surface area contributed by atoms with Crippen LogP contribution in [-0.2, 0) is 6.18 Å². The molecule has 0 radical (unpaired) electrons. The van der Waals surface area contributed by atoms with E-state index in [1.807, 2.05) is 0 Å². The second-order valence-electron chi connectivity index (χ2n) is 4.32. The highest BCUT2D eigenvalue weighted by molar-refractivity contribution is 5.76. The van der Waals surface area contributed by atoms with Crippen molar-refractivity contribution >= 4 is 6.29 Å². The third-order valence-corrected chi connectivity index (χ3v) is 2.66. The molecule has 106 valence electrons. The maximum Gasteiger partial charge on any atom is 0.416 e. The number of hydrogen-bond acceptors (Lipinski definition) is 2. The van der Waals surface area contributed by atoms with Crippen molar-refractivity contribution in [3.63, 3.8) is 0 Å². The molecule has 0 heterocycles. The van der Waals surface area contributed by atoms with Gasteiger partial charge in [-0.15, -0.1) is 0 Å². The highest BCUT2D eigenvalue weighted by Crippen LogP contribution is 2.32. The topological polar surface area (TPSA) is 26.3 Å². The Morgan fingerprint density at radius 2 is 1.89 bits per heavy atom. The van der Waals surface area contributed by atoms with Crippen LogP contribution in [0.2, 0.25) is 0 Å². The molecule has 0 aliphatic heterocycles. The minimum atomic E-state index is -4.47. The fourth-order valence-electron chi connectivity index (χ4n) is 1.66. The number of unbranched alkanes of at least 4 members (excludes halogenated alkanes) is 3. The fourth-order valence-corrected chi connectivity index (χ4v) is 1.66. The van der Waals surface area contributed by atoms with Crippen LogP contribution in [0, 0.1) is 0 Å². The Bertz CT molecular complexity index is 414. The Morgan fingerprint density at radius 1 is 1.16 bits per heavy atom. The molecule has 0 bridgehead atoms. The zero-order valence-electron chi connectivity index (χ0n) is 10.8. The third kappa shape index (κ3) is 5.32. The maximum atomic E-state index is 12.6. The number of hydrogen-bond donors (Lipinski definition) is 0. The first-order valence-corrected chi connectivity index (χ1v) is 6.27. The highest BCUT2D eigenvalue weighted by atomic mass is 19.4. The van der Waals surface area contributed by atoms with Gasteiger partial charge < -0.3 is 4.74 Å². The average Bonchev–Trinajstić information content (AvgIpc) is 2.37. The van der Waals surface area contributed by atoms with Crippen LogP contribution in [0.25, 0.3) is 0 Å². The van der Waals surface area contributed by atoms with Gasteiger partial charge in [0.05, 0.1) is 12.2 Å². The quantitative estimate of drug-likeness (QED) is 0.541. The first-order chi connectivity index (χ1) is 8.97. The summed E-state index contributed by atoms with van der Waals surface area (Å²) in [4.78, 5) is 10.6. The van der Waals surface area contributed by atoms with Crippen LogP contribution in [0.3, 0.4) is 0 Å². The molecule has 1 aromatic rings. The summed E-state index contributed by atoms with van der Waals surface area (Å²) in [5, 5.41) is 0. The number of aldehydes is 1. The summed E-state index contributed by atoms with van der Waals surface area (Å²) in [6, 6.07) is 3.06. The van der Waals surface area contributed by atoms with Crippen LogP contribution in [0.15, 0.2) is 18.2 Å². The lowest BCUT2D eigenvalue weighted by Crippen LogP contribution is -2.07. The lowest BCUT2D eigenvalue weighted by Gasteiger charge is -2.11. The van der Waals surface area contributed by atoms with E-state index < -0.39 is 11.7 Å². The van der Waals surface area contributed by atoms with E-state index in [9.17, 15) is 18.0 Å². The van der Waals surface area contributed by atoms with Crippen LogP contribution in [0.4, 0.5) is 13.2 Å². The Hall–Kier alpha value is -1.52. The monoisotopic (exact) mass is 274 g/mol. The van der Waals surface area contributed by atoms with E-state index in [0.29, 0.717) is 12.9 Å². The van der Waals surface area contributed by atoms with Crippen LogP contribution in [0.5, 0.6) is 5.75 Å². The molecule has 1 rings (SSSR count). The summed E-state index contributed by atoms with van der Waals surface area (Å²) in [5.41, 5.74) is -0.890. The second kappa shape index (κ2) is 7.16. The van der Waals surface area contributed by atoms with Crippen molar-refractivity contribution in [2.75, 3.05) is 6.61 Å². The van der Waals surface area contributed by atoms with Gasteiger partial charge in [0.1, 0.15) is 12.0 Å². The highest BCUT2D eigenvalue weighted by Gasteiger charge is 2.31. The molecule has 0 saturated heterocycles. The number of carbonyl (C=O) groups is 1. The molecule has 0 aromatic heterocycles. The molecule has 0 saturated carbocycles. The van der Waals surface area contributed by atoms with E-state index in [-0.39, 0.29) is 11.3 Å². The van der Waals surface area contributed by atoms with Gasteiger partial charge in [-0.25, -0.2) is 0 Å². The van der Waals surface area contributed by atoms with Gasteiger partial charge in [0.2, 0.25) is 0 Å². The first-order valence-electron chi connectivity index (χ1n) is 6.27. The molecule has 19 heavy (non-hydrogen) atoms. The molecule has 0 N–H and O–H groups in total. The van der Waals surface area contributed by atoms with Crippen LogP contribution in [-0.4, -0.2) is 12.9 Å². The number of ether oxygens (including phenoxy) is 1. The molecule has 0 spiro atoms. The van der Waals surface area contributed by atoms with E-state index in [4.69, 9.17) is 4.74 Å². The Kier molecular flexibility index (Phi) is 5.86. The van der Waals surface area contributed by atoms with Crippen molar-refractivity contribution in [3.8, 4) is 5.75 Å². The largest absolute Gasteiger partial charge is 0.494 e. The summed E-state index contributed by atoms with van der Waals surface area (Å²) in [7, 11) is 0. The van der Waals surface area contributed by atoms with Crippen molar-refractivity contribution in [1.29, 1.82) is 0 Å². The van der Waals surface area contributed by atoms with E-state index in [2.05, 4.69) is 6.92 Å². The maximum absolute atomic E-state index is 12.6. The van der Waals surface area contributed by atoms with Crippen molar-refractivity contribution in [2.24, 2.45) is 0 Å². The summed E-state index contributed by atoms with van der Waals surface area (Å²) >= 11 is 0. The minimum Gasteiger partial charge on any atom is -0.494 e. The number of alkyl halides is 3. The van der Waals surface area contributed by atoms with Gasteiger partial charge >= 0.3 is 6.18 Å². The van der Waals surface area contributed by atoms with Gasteiger partial charge in [-0.3, -0.25) is 4.79 Å². The zero-order chi connectivity index (χ0) is 14.3. The Morgan fingerprint density at radius 3 is 2.47 bits per heavy atom. The van der Waals surface area contributed by atoms with E-state index in [1.54, 1.807) is 0 Å². The predicted octanol–water partition coefficient (Wildman–Crippen LogP) is 4.48. The molecule has 0 atom stereocenters. The second-order valence-corrected chi connectivity index (χ2v) is 4.32. The summed E-state index contributed by atoms with van der Waals surface area (Å²) in [6.07, 6.45) is -0.153. The number of rotatable bonds is 7. The molecule has 0 fully saturated rings. The molecule has 0 amide bonds. The van der Waals surface area contributed by atoms with Gasteiger partial charge in [0.15, 0.2) is 0 Å². The molecule has 1 aromatic carbocycles.